The Morgan fingerprint density at radius 3 is 2.55 bits per heavy atom. The Kier molecular flexibility index (Phi) is 6.22. The van der Waals surface area contributed by atoms with Gasteiger partial charge in [0.05, 0.1) is 5.52 Å². The summed E-state index contributed by atoms with van der Waals surface area (Å²) in [5.74, 6) is -0.103. The fourth-order valence-electron chi connectivity index (χ4n) is 2.71. The number of rotatable bonds is 5. The maximum absolute atomic E-state index is 12.2. The van der Waals surface area contributed by atoms with Crippen molar-refractivity contribution >= 4 is 44.7 Å². The Morgan fingerprint density at radius 2 is 1.86 bits per heavy atom. The quantitative estimate of drug-likeness (QED) is 0.549. The highest BCUT2D eigenvalue weighted by Gasteiger charge is 2.20. The minimum absolute atomic E-state index is 0.0784. The number of hydrogen-bond donors (Lipinski definition) is 1. The highest BCUT2D eigenvalue weighted by atomic mass is 79.9. The van der Waals surface area contributed by atoms with Crippen molar-refractivity contribution in [3.8, 4) is 0 Å². The number of carbonyl (C=O) groups is 2. The molecular weight excluding hydrogens is 438 g/mol. The summed E-state index contributed by atoms with van der Waals surface area (Å²) < 4.78 is 13.0. The molecule has 1 aromatic heterocycles. The van der Waals surface area contributed by atoms with E-state index < -0.39 is 17.7 Å². The van der Waals surface area contributed by atoms with Crippen LogP contribution in [0.15, 0.2) is 53.0 Å². The molecule has 7 nitrogen and oxygen atoms in total. The summed E-state index contributed by atoms with van der Waals surface area (Å²) in [6.07, 6.45) is -0.624. The second-order valence-electron chi connectivity index (χ2n) is 7.44. The molecule has 1 heterocycles. The van der Waals surface area contributed by atoms with E-state index in [1.807, 2.05) is 48.5 Å². The van der Waals surface area contributed by atoms with Crippen LogP contribution in [0.1, 0.15) is 26.3 Å². The third-order valence-electron chi connectivity index (χ3n) is 3.85. The molecule has 0 radical (unpaired) electrons. The van der Waals surface area contributed by atoms with E-state index >= 15 is 0 Å². The number of carbonyl (C=O) groups excluding carboxylic acids is 2. The van der Waals surface area contributed by atoms with Crippen molar-refractivity contribution < 1.29 is 19.1 Å². The van der Waals surface area contributed by atoms with Gasteiger partial charge in [-0.05, 0) is 44.5 Å². The summed E-state index contributed by atoms with van der Waals surface area (Å²) >= 11 is 3.42. The van der Waals surface area contributed by atoms with E-state index in [9.17, 15) is 9.59 Å². The minimum atomic E-state index is -0.624. The topological polar surface area (TPSA) is 82.5 Å². The van der Waals surface area contributed by atoms with Crippen LogP contribution in [-0.2, 0) is 27.4 Å². The Bertz CT molecular complexity index is 1030. The number of esters is 1. The monoisotopic (exact) mass is 459 g/mol. The zero-order chi connectivity index (χ0) is 21.0. The van der Waals surface area contributed by atoms with E-state index in [0.29, 0.717) is 16.7 Å². The van der Waals surface area contributed by atoms with Crippen LogP contribution in [-0.4, -0.2) is 27.4 Å². The average molecular weight is 460 g/mol. The predicted octanol–water partition coefficient (Wildman–Crippen LogP) is 4.89. The number of nitrogens with zero attached hydrogens (tertiary/aromatic N) is 2. The van der Waals surface area contributed by atoms with E-state index in [-0.39, 0.29) is 13.2 Å². The van der Waals surface area contributed by atoms with Gasteiger partial charge in [0.1, 0.15) is 18.8 Å². The summed E-state index contributed by atoms with van der Waals surface area (Å²) in [7, 11) is 0. The van der Waals surface area contributed by atoms with Gasteiger partial charge in [-0.2, -0.15) is 5.10 Å². The van der Waals surface area contributed by atoms with Gasteiger partial charge in [0, 0.05) is 9.86 Å². The number of ether oxygens (including phenoxy) is 2. The second kappa shape index (κ2) is 8.65. The molecule has 3 aromatic rings. The van der Waals surface area contributed by atoms with Gasteiger partial charge in [-0.3, -0.25) is 14.8 Å². The lowest BCUT2D eigenvalue weighted by atomic mass is 10.2. The standard InChI is InChI=1S/C21H22BrN3O4/c1-21(2,3)29-18(26)12-25-17-11-15(22)9-10-16(17)19(24-25)23-20(27)28-13-14-7-5-4-6-8-14/h4-11H,12-13H2,1-3H3,(H,23,24,27). The maximum atomic E-state index is 12.2. The van der Waals surface area contributed by atoms with E-state index in [1.165, 1.54) is 4.68 Å². The van der Waals surface area contributed by atoms with Crippen LogP contribution in [0.4, 0.5) is 10.6 Å². The molecule has 1 amide bonds. The second-order valence-corrected chi connectivity index (χ2v) is 8.36. The molecule has 0 spiro atoms. The first-order valence-electron chi connectivity index (χ1n) is 9.07. The van der Waals surface area contributed by atoms with Crippen molar-refractivity contribution in [3.05, 3.63) is 58.6 Å². The van der Waals surface area contributed by atoms with Gasteiger partial charge in [0.15, 0.2) is 5.82 Å². The summed E-state index contributed by atoms with van der Waals surface area (Å²) in [4.78, 5) is 24.5. The third-order valence-corrected chi connectivity index (χ3v) is 4.34. The van der Waals surface area contributed by atoms with Crippen LogP contribution in [0.3, 0.4) is 0 Å². The maximum Gasteiger partial charge on any atom is 0.413 e. The van der Waals surface area contributed by atoms with Crippen molar-refractivity contribution in [1.82, 2.24) is 9.78 Å². The molecule has 29 heavy (non-hydrogen) atoms. The lowest BCUT2D eigenvalue weighted by molar-refractivity contribution is -0.155. The Morgan fingerprint density at radius 1 is 1.14 bits per heavy atom. The number of halogens is 1. The first-order chi connectivity index (χ1) is 13.7. The molecule has 1 N–H and O–H groups in total. The van der Waals surface area contributed by atoms with Crippen molar-refractivity contribution in [2.45, 2.75) is 39.5 Å². The molecule has 0 bridgehead atoms. The largest absolute Gasteiger partial charge is 0.459 e. The third kappa shape index (κ3) is 5.80. The predicted molar refractivity (Wildman–Crippen MR) is 114 cm³/mol. The molecule has 0 aliphatic carbocycles. The molecule has 0 saturated heterocycles. The van der Waals surface area contributed by atoms with Crippen molar-refractivity contribution in [2.24, 2.45) is 0 Å². The summed E-state index contributed by atoms with van der Waals surface area (Å²) in [5.41, 5.74) is 0.971. The van der Waals surface area contributed by atoms with Crippen LogP contribution >= 0.6 is 15.9 Å². The molecule has 152 valence electrons. The number of aromatic nitrogens is 2. The molecule has 0 aliphatic heterocycles. The van der Waals surface area contributed by atoms with Gasteiger partial charge in [0.25, 0.3) is 0 Å². The summed E-state index contributed by atoms with van der Waals surface area (Å²) in [5, 5.41) is 7.72. The lowest BCUT2D eigenvalue weighted by Crippen LogP contribution is -2.26. The molecule has 8 heteroatoms. The number of benzene rings is 2. The smallest absolute Gasteiger partial charge is 0.413 e. The molecule has 0 atom stereocenters. The normalized spacial score (nSPS) is 11.3. The molecular formula is C21H22BrN3O4. The van der Waals surface area contributed by atoms with Crippen molar-refractivity contribution in [1.29, 1.82) is 0 Å². The van der Waals surface area contributed by atoms with Gasteiger partial charge in [-0.25, -0.2) is 4.79 Å². The Hall–Kier alpha value is -2.87. The minimum Gasteiger partial charge on any atom is -0.459 e. The van der Waals surface area contributed by atoms with Gasteiger partial charge in [-0.1, -0.05) is 46.3 Å². The fraction of sp³-hybridized carbons (Fsp3) is 0.286. The molecule has 0 saturated carbocycles. The van der Waals surface area contributed by atoms with Crippen molar-refractivity contribution in [3.63, 3.8) is 0 Å². The number of fused-ring (bicyclic) bond motifs is 1. The van der Waals surface area contributed by atoms with Crippen LogP contribution in [0.25, 0.3) is 10.9 Å². The van der Waals surface area contributed by atoms with E-state index in [4.69, 9.17) is 9.47 Å². The van der Waals surface area contributed by atoms with E-state index in [2.05, 4.69) is 26.3 Å². The van der Waals surface area contributed by atoms with E-state index in [0.717, 1.165) is 10.0 Å². The van der Waals surface area contributed by atoms with Gasteiger partial charge in [-0.15, -0.1) is 0 Å². The van der Waals surface area contributed by atoms with Crippen LogP contribution in [0.2, 0.25) is 0 Å². The molecule has 0 fully saturated rings. The van der Waals surface area contributed by atoms with Gasteiger partial charge < -0.3 is 9.47 Å². The first-order valence-corrected chi connectivity index (χ1v) is 9.86. The van der Waals surface area contributed by atoms with Crippen LogP contribution < -0.4 is 5.32 Å². The van der Waals surface area contributed by atoms with Gasteiger partial charge >= 0.3 is 12.1 Å². The van der Waals surface area contributed by atoms with Crippen LogP contribution in [0, 0.1) is 0 Å². The number of anilines is 1. The zero-order valence-corrected chi connectivity index (χ0v) is 18.0. The Labute approximate surface area is 177 Å². The first kappa shape index (κ1) is 20.9. The average Bonchev–Trinajstić information content (AvgIpc) is 2.95. The Balaban J connectivity index is 1.77. The summed E-state index contributed by atoms with van der Waals surface area (Å²) in [6.45, 7) is 5.48. The van der Waals surface area contributed by atoms with Crippen LogP contribution in [0.5, 0.6) is 0 Å². The lowest BCUT2D eigenvalue weighted by Gasteiger charge is -2.19. The highest BCUT2D eigenvalue weighted by Crippen LogP contribution is 2.26. The number of nitrogens with one attached hydrogen (secondary N) is 1. The van der Waals surface area contributed by atoms with Gasteiger partial charge in [0.2, 0.25) is 0 Å². The number of hydrogen-bond acceptors (Lipinski definition) is 5. The zero-order valence-electron chi connectivity index (χ0n) is 16.4. The van der Waals surface area contributed by atoms with E-state index in [1.54, 1.807) is 20.8 Å². The molecule has 3 rings (SSSR count). The van der Waals surface area contributed by atoms with Crippen molar-refractivity contribution in [2.75, 3.05) is 5.32 Å². The number of amides is 1. The SMILES string of the molecule is CC(C)(C)OC(=O)Cn1nc(NC(=O)OCc2ccccc2)c2ccc(Br)cc21. The summed E-state index contributed by atoms with van der Waals surface area (Å²) in [6, 6.07) is 14.9. The molecule has 0 unspecified atom stereocenters. The molecule has 0 aliphatic rings. The highest BCUT2D eigenvalue weighted by molar-refractivity contribution is 9.10. The fourth-order valence-corrected chi connectivity index (χ4v) is 3.06. The molecule has 2 aromatic carbocycles.